The number of para-hydroxylation sites is 1. The monoisotopic (exact) mass is 269 g/mol. The molecule has 2 aliphatic rings. The standard InChI is InChI=1S/C15H15N3O2/c19-15(12-10-14-18(16-12)7-3-9-20-14)17-8-6-11-4-1-2-5-13(11)17/h1-2,4-5,10H,3,6-9H2. The third-order valence-corrected chi connectivity index (χ3v) is 3.86. The van der Waals surface area contributed by atoms with Gasteiger partial charge in [-0.3, -0.25) is 4.79 Å². The maximum Gasteiger partial charge on any atom is 0.278 e. The Balaban J connectivity index is 1.67. The number of rotatable bonds is 1. The predicted octanol–water partition coefficient (Wildman–Crippen LogP) is 1.87. The average Bonchev–Trinajstić information content (AvgIpc) is 3.10. The van der Waals surface area contributed by atoms with Crippen LogP contribution in [0.3, 0.4) is 0 Å². The smallest absolute Gasteiger partial charge is 0.278 e. The van der Waals surface area contributed by atoms with Crippen LogP contribution in [0.1, 0.15) is 22.5 Å². The minimum Gasteiger partial charge on any atom is -0.478 e. The molecule has 0 bridgehead atoms. The number of nitrogens with zero attached hydrogens (tertiary/aromatic N) is 3. The Kier molecular flexibility index (Phi) is 2.52. The average molecular weight is 269 g/mol. The van der Waals surface area contributed by atoms with Crippen LogP contribution in [0.5, 0.6) is 5.88 Å². The third kappa shape index (κ3) is 1.70. The third-order valence-electron chi connectivity index (χ3n) is 3.86. The molecule has 102 valence electrons. The molecule has 0 radical (unpaired) electrons. The van der Waals surface area contributed by atoms with Crippen LogP contribution in [-0.4, -0.2) is 28.8 Å². The molecule has 2 aliphatic heterocycles. The van der Waals surface area contributed by atoms with Gasteiger partial charge < -0.3 is 9.64 Å². The lowest BCUT2D eigenvalue weighted by molar-refractivity contribution is 0.0983. The maximum atomic E-state index is 12.6. The number of carbonyl (C=O) groups is 1. The molecule has 1 aromatic carbocycles. The Bertz CT molecular complexity index is 654. The quantitative estimate of drug-likeness (QED) is 0.794. The highest BCUT2D eigenvalue weighted by molar-refractivity contribution is 6.06. The van der Waals surface area contributed by atoms with Crippen molar-refractivity contribution >= 4 is 11.6 Å². The number of benzene rings is 1. The zero-order chi connectivity index (χ0) is 13.5. The first-order valence-electron chi connectivity index (χ1n) is 6.93. The van der Waals surface area contributed by atoms with Gasteiger partial charge in [0.05, 0.1) is 6.61 Å². The fraction of sp³-hybridized carbons (Fsp3) is 0.333. The molecular weight excluding hydrogens is 254 g/mol. The second kappa shape index (κ2) is 4.37. The molecule has 4 rings (SSSR count). The highest BCUT2D eigenvalue weighted by atomic mass is 16.5. The van der Waals surface area contributed by atoms with E-state index in [-0.39, 0.29) is 5.91 Å². The van der Waals surface area contributed by atoms with Crippen LogP contribution in [0.25, 0.3) is 0 Å². The number of carbonyl (C=O) groups excluding carboxylic acids is 1. The first-order chi connectivity index (χ1) is 9.83. The van der Waals surface area contributed by atoms with Crippen molar-refractivity contribution in [1.82, 2.24) is 9.78 Å². The zero-order valence-corrected chi connectivity index (χ0v) is 11.1. The fourth-order valence-corrected chi connectivity index (χ4v) is 2.86. The number of amides is 1. The van der Waals surface area contributed by atoms with Gasteiger partial charge in [-0.25, -0.2) is 4.68 Å². The van der Waals surface area contributed by atoms with Gasteiger partial charge in [-0.2, -0.15) is 5.10 Å². The van der Waals surface area contributed by atoms with Crippen LogP contribution < -0.4 is 9.64 Å². The molecule has 2 aromatic rings. The molecule has 0 saturated carbocycles. The van der Waals surface area contributed by atoms with Crippen molar-refractivity contribution in [1.29, 1.82) is 0 Å². The van der Waals surface area contributed by atoms with Crippen molar-refractivity contribution in [3.05, 3.63) is 41.6 Å². The topological polar surface area (TPSA) is 47.4 Å². The van der Waals surface area contributed by atoms with E-state index in [2.05, 4.69) is 11.2 Å². The Hall–Kier alpha value is -2.30. The summed E-state index contributed by atoms with van der Waals surface area (Å²) < 4.78 is 7.29. The molecular formula is C15H15N3O2. The SMILES string of the molecule is O=C(c1cc2n(n1)CCCO2)N1CCc2ccccc21. The van der Waals surface area contributed by atoms with Crippen molar-refractivity contribution in [3.8, 4) is 5.88 Å². The number of hydrogen-bond acceptors (Lipinski definition) is 3. The number of fused-ring (bicyclic) bond motifs is 2. The van der Waals surface area contributed by atoms with Gasteiger partial charge in [0.25, 0.3) is 5.91 Å². The van der Waals surface area contributed by atoms with Gasteiger partial charge in [0, 0.05) is 31.3 Å². The van der Waals surface area contributed by atoms with Crippen LogP contribution in [0.4, 0.5) is 5.69 Å². The second-order valence-corrected chi connectivity index (χ2v) is 5.13. The summed E-state index contributed by atoms with van der Waals surface area (Å²) in [5.74, 6) is 0.660. The van der Waals surface area contributed by atoms with Crippen molar-refractivity contribution < 1.29 is 9.53 Å². The molecule has 5 heteroatoms. The molecule has 0 atom stereocenters. The molecule has 5 nitrogen and oxygen atoms in total. The minimum absolute atomic E-state index is 0.0412. The van der Waals surface area contributed by atoms with Gasteiger partial charge in [0.15, 0.2) is 5.69 Å². The maximum absolute atomic E-state index is 12.6. The van der Waals surface area contributed by atoms with Gasteiger partial charge >= 0.3 is 0 Å². The molecule has 0 unspecified atom stereocenters. The van der Waals surface area contributed by atoms with Crippen molar-refractivity contribution in [3.63, 3.8) is 0 Å². The van der Waals surface area contributed by atoms with E-state index in [9.17, 15) is 4.79 Å². The van der Waals surface area contributed by atoms with E-state index < -0.39 is 0 Å². The lowest BCUT2D eigenvalue weighted by Gasteiger charge is -2.15. The molecule has 0 saturated heterocycles. The van der Waals surface area contributed by atoms with E-state index in [0.29, 0.717) is 18.2 Å². The predicted molar refractivity (Wildman–Crippen MR) is 74.2 cm³/mol. The van der Waals surface area contributed by atoms with Crippen LogP contribution in [0.2, 0.25) is 0 Å². The van der Waals surface area contributed by atoms with E-state index in [1.54, 1.807) is 10.7 Å². The summed E-state index contributed by atoms with van der Waals surface area (Å²) in [7, 11) is 0. The summed E-state index contributed by atoms with van der Waals surface area (Å²) in [5.41, 5.74) is 2.70. The van der Waals surface area contributed by atoms with Crippen LogP contribution in [-0.2, 0) is 13.0 Å². The summed E-state index contributed by atoms with van der Waals surface area (Å²) in [6, 6.07) is 9.79. The normalized spacial score (nSPS) is 16.5. The van der Waals surface area contributed by atoms with Crippen molar-refractivity contribution in [2.24, 2.45) is 0 Å². The first kappa shape index (κ1) is 11.5. The molecule has 1 aromatic heterocycles. The van der Waals surface area contributed by atoms with Gasteiger partial charge in [0.2, 0.25) is 5.88 Å². The van der Waals surface area contributed by atoms with Crippen LogP contribution in [0, 0.1) is 0 Å². The molecule has 0 spiro atoms. The minimum atomic E-state index is -0.0412. The first-order valence-corrected chi connectivity index (χ1v) is 6.93. The molecule has 0 fully saturated rings. The Morgan fingerprint density at radius 2 is 2.15 bits per heavy atom. The Labute approximate surface area is 116 Å². The summed E-state index contributed by atoms with van der Waals surface area (Å²) in [6.07, 6.45) is 1.85. The number of hydrogen-bond donors (Lipinski definition) is 0. The Morgan fingerprint density at radius 3 is 3.05 bits per heavy atom. The van der Waals surface area contributed by atoms with E-state index in [1.807, 2.05) is 23.1 Å². The van der Waals surface area contributed by atoms with Crippen molar-refractivity contribution in [2.75, 3.05) is 18.1 Å². The van der Waals surface area contributed by atoms with Gasteiger partial charge in [-0.15, -0.1) is 0 Å². The number of aromatic nitrogens is 2. The Morgan fingerprint density at radius 1 is 1.25 bits per heavy atom. The summed E-state index contributed by atoms with van der Waals surface area (Å²) in [6.45, 7) is 2.24. The van der Waals surface area contributed by atoms with Gasteiger partial charge in [-0.05, 0) is 18.1 Å². The molecule has 1 amide bonds. The highest BCUT2D eigenvalue weighted by Gasteiger charge is 2.28. The molecule has 0 N–H and O–H groups in total. The molecule has 0 aliphatic carbocycles. The molecule has 20 heavy (non-hydrogen) atoms. The van der Waals surface area contributed by atoms with E-state index >= 15 is 0 Å². The second-order valence-electron chi connectivity index (χ2n) is 5.13. The molecule has 3 heterocycles. The van der Waals surface area contributed by atoms with Crippen LogP contribution >= 0.6 is 0 Å². The van der Waals surface area contributed by atoms with Crippen molar-refractivity contribution in [2.45, 2.75) is 19.4 Å². The van der Waals surface area contributed by atoms with E-state index in [4.69, 9.17) is 4.74 Å². The number of ether oxygens (including phenoxy) is 1. The summed E-state index contributed by atoms with van der Waals surface area (Å²) in [5, 5.41) is 4.37. The lowest BCUT2D eigenvalue weighted by Crippen LogP contribution is -2.29. The number of anilines is 1. The van der Waals surface area contributed by atoms with Gasteiger partial charge in [-0.1, -0.05) is 18.2 Å². The summed E-state index contributed by atoms with van der Waals surface area (Å²) >= 11 is 0. The van der Waals surface area contributed by atoms with E-state index in [0.717, 1.165) is 31.6 Å². The van der Waals surface area contributed by atoms with E-state index in [1.165, 1.54) is 5.56 Å². The highest BCUT2D eigenvalue weighted by Crippen LogP contribution is 2.29. The lowest BCUT2D eigenvalue weighted by atomic mass is 10.2. The largest absolute Gasteiger partial charge is 0.478 e. The van der Waals surface area contributed by atoms with Gasteiger partial charge in [0.1, 0.15) is 0 Å². The summed E-state index contributed by atoms with van der Waals surface area (Å²) in [4.78, 5) is 14.4. The fourth-order valence-electron chi connectivity index (χ4n) is 2.86. The zero-order valence-electron chi connectivity index (χ0n) is 11.1. The number of aryl methyl sites for hydroxylation is 1. The van der Waals surface area contributed by atoms with Crippen LogP contribution in [0.15, 0.2) is 30.3 Å².